The predicted molar refractivity (Wildman–Crippen MR) is 80.4 cm³/mol. The van der Waals surface area contributed by atoms with Gasteiger partial charge in [-0.15, -0.1) is 0 Å². The van der Waals surface area contributed by atoms with Crippen LogP contribution in [0, 0.1) is 0 Å². The molecule has 0 atom stereocenters. The summed E-state index contributed by atoms with van der Waals surface area (Å²) in [6.07, 6.45) is 4.34. The van der Waals surface area contributed by atoms with Gasteiger partial charge in [-0.25, -0.2) is 0 Å². The van der Waals surface area contributed by atoms with Crippen LogP contribution in [0.4, 0.5) is 0 Å². The normalized spacial score (nSPS) is 20.6. The van der Waals surface area contributed by atoms with Crippen molar-refractivity contribution in [2.24, 2.45) is 0 Å². The van der Waals surface area contributed by atoms with E-state index in [1.54, 1.807) is 0 Å². The monoisotopic (exact) mass is 281 g/mol. The molecule has 0 aromatic carbocycles. The third kappa shape index (κ3) is 3.22. The minimum absolute atomic E-state index is 0.196. The van der Waals surface area contributed by atoms with Crippen molar-refractivity contribution in [1.29, 1.82) is 0 Å². The summed E-state index contributed by atoms with van der Waals surface area (Å²) in [5.74, 6) is 1.20. The first-order valence-corrected chi connectivity index (χ1v) is 10.3. The Labute approximate surface area is 118 Å². The summed E-state index contributed by atoms with van der Waals surface area (Å²) in [6, 6.07) is 0. The SMILES string of the molecule is CC(C)(C)[Si](C)(C)OC1=C(C(=O)N2CCCCC2)C1. The van der Waals surface area contributed by atoms with Gasteiger partial charge in [0.05, 0.1) is 11.3 Å². The second kappa shape index (κ2) is 4.96. The minimum atomic E-state index is -1.77. The van der Waals surface area contributed by atoms with Crippen molar-refractivity contribution < 1.29 is 9.22 Å². The molecular weight excluding hydrogens is 254 g/mol. The fourth-order valence-corrected chi connectivity index (χ4v) is 3.28. The van der Waals surface area contributed by atoms with Gasteiger partial charge in [-0.05, 0) is 37.4 Å². The molecule has 2 aliphatic rings. The number of nitrogens with zero attached hydrogens (tertiary/aromatic N) is 1. The lowest BCUT2D eigenvalue weighted by Crippen LogP contribution is -2.39. The first-order chi connectivity index (χ1) is 8.72. The quantitative estimate of drug-likeness (QED) is 0.739. The van der Waals surface area contributed by atoms with Crippen molar-refractivity contribution in [2.75, 3.05) is 13.1 Å². The summed E-state index contributed by atoms with van der Waals surface area (Å²) in [5.41, 5.74) is 0.937. The highest BCUT2D eigenvalue weighted by Gasteiger charge is 2.43. The number of hydrogen-bond acceptors (Lipinski definition) is 2. The zero-order chi connectivity index (χ0) is 14.3. The summed E-state index contributed by atoms with van der Waals surface area (Å²) in [7, 11) is -1.77. The van der Waals surface area contributed by atoms with Crippen LogP contribution in [0.15, 0.2) is 11.3 Å². The maximum atomic E-state index is 12.3. The van der Waals surface area contributed by atoms with E-state index in [0.29, 0.717) is 0 Å². The second-order valence-corrected chi connectivity index (χ2v) is 12.0. The van der Waals surface area contributed by atoms with Crippen LogP contribution in [0.2, 0.25) is 18.1 Å². The van der Waals surface area contributed by atoms with Gasteiger partial charge < -0.3 is 9.33 Å². The van der Waals surface area contributed by atoms with E-state index < -0.39 is 8.32 Å². The zero-order valence-electron chi connectivity index (χ0n) is 13.0. The summed E-state index contributed by atoms with van der Waals surface area (Å²) in [5, 5.41) is 0.196. The number of rotatable bonds is 3. The molecule has 0 aromatic rings. The van der Waals surface area contributed by atoms with Gasteiger partial charge in [0.15, 0.2) is 0 Å². The summed E-state index contributed by atoms with van der Waals surface area (Å²) >= 11 is 0. The van der Waals surface area contributed by atoms with E-state index in [4.69, 9.17) is 4.43 Å². The second-order valence-electron chi connectivity index (χ2n) is 7.29. The largest absolute Gasteiger partial charge is 0.546 e. The van der Waals surface area contributed by atoms with E-state index in [-0.39, 0.29) is 10.9 Å². The van der Waals surface area contributed by atoms with Crippen LogP contribution >= 0.6 is 0 Å². The maximum Gasteiger partial charge on any atom is 0.253 e. The number of carbonyl (C=O) groups is 1. The van der Waals surface area contributed by atoms with Gasteiger partial charge >= 0.3 is 0 Å². The van der Waals surface area contributed by atoms with Crippen molar-refractivity contribution in [2.45, 2.75) is 64.6 Å². The molecular formula is C15H27NO2Si. The van der Waals surface area contributed by atoms with Gasteiger partial charge in [-0.1, -0.05) is 20.8 Å². The van der Waals surface area contributed by atoms with Crippen LogP contribution in [0.3, 0.4) is 0 Å². The molecule has 1 aliphatic carbocycles. The number of piperidine rings is 1. The number of allylic oxidation sites excluding steroid dienone is 1. The molecule has 0 N–H and O–H groups in total. The van der Waals surface area contributed by atoms with E-state index >= 15 is 0 Å². The van der Waals surface area contributed by atoms with Gasteiger partial charge in [-0.3, -0.25) is 4.79 Å². The van der Waals surface area contributed by atoms with Crippen molar-refractivity contribution in [3.05, 3.63) is 11.3 Å². The average molecular weight is 281 g/mol. The third-order valence-corrected chi connectivity index (χ3v) is 9.00. The van der Waals surface area contributed by atoms with E-state index in [1.165, 1.54) is 6.42 Å². The molecule has 0 aromatic heterocycles. The Hall–Kier alpha value is -0.773. The number of carbonyl (C=O) groups excluding carboxylic acids is 1. The molecule has 1 aliphatic heterocycles. The highest BCUT2D eigenvalue weighted by atomic mass is 28.4. The highest BCUT2D eigenvalue weighted by Crippen LogP contribution is 2.43. The van der Waals surface area contributed by atoms with Crippen molar-refractivity contribution in [3.63, 3.8) is 0 Å². The first kappa shape index (κ1) is 14.6. The van der Waals surface area contributed by atoms with E-state index in [0.717, 1.165) is 43.7 Å². The molecule has 4 heteroatoms. The lowest BCUT2D eigenvalue weighted by atomic mass is 10.1. The molecule has 1 heterocycles. The van der Waals surface area contributed by atoms with Gasteiger partial charge in [0.25, 0.3) is 5.91 Å². The highest BCUT2D eigenvalue weighted by molar-refractivity contribution is 6.74. The van der Waals surface area contributed by atoms with Crippen LogP contribution < -0.4 is 0 Å². The molecule has 3 nitrogen and oxygen atoms in total. The lowest BCUT2D eigenvalue weighted by molar-refractivity contribution is -0.127. The Bertz CT molecular complexity index is 401. The molecule has 1 amide bonds. The summed E-state index contributed by atoms with van der Waals surface area (Å²) in [6.45, 7) is 13.0. The third-order valence-electron chi connectivity index (χ3n) is 4.63. The van der Waals surface area contributed by atoms with Gasteiger partial charge in [0.1, 0.15) is 0 Å². The predicted octanol–water partition coefficient (Wildman–Crippen LogP) is 3.68. The zero-order valence-corrected chi connectivity index (χ0v) is 14.0. The molecule has 1 fully saturated rings. The number of likely N-dealkylation sites (tertiary alicyclic amines) is 1. The Morgan fingerprint density at radius 3 is 2.26 bits per heavy atom. The van der Waals surface area contributed by atoms with Crippen LogP contribution in [0.25, 0.3) is 0 Å². The maximum absolute atomic E-state index is 12.3. The van der Waals surface area contributed by atoms with Gasteiger partial charge in [0, 0.05) is 19.5 Å². The average Bonchev–Trinajstić information content (AvgIpc) is 3.06. The van der Waals surface area contributed by atoms with Crippen LogP contribution in [-0.2, 0) is 9.22 Å². The van der Waals surface area contributed by atoms with Gasteiger partial charge in [0.2, 0.25) is 8.32 Å². The van der Waals surface area contributed by atoms with E-state index in [9.17, 15) is 4.79 Å². The lowest BCUT2D eigenvalue weighted by Gasteiger charge is -2.35. The summed E-state index contributed by atoms with van der Waals surface area (Å²) in [4.78, 5) is 14.3. The van der Waals surface area contributed by atoms with E-state index in [1.807, 2.05) is 4.90 Å². The smallest absolute Gasteiger partial charge is 0.253 e. The van der Waals surface area contributed by atoms with Crippen molar-refractivity contribution in [1.82, 2.24) is 4.90 Å². The molecule has 0 radical (unpaired) electrons. The standard InChI is InChI=1S/C15H27NO2Si/c1-15(2,3)19(4,5)18-13-11-12(13)14(17)16-9-7-6-8-10-16/h6-11H2,1-5H3. The molecule has 19 heavy (non-hydrogen) atoms. The molecule has 0 saturated carbocycles. The van der Waals surface area contributed by atoms with Crippen molar-refractivity contribution >= 4 is 14.2 Å². The number of hydrogen-bond donors (Lipinski definition) is 0. The van der Waals surface area contributed by atoms with Crippen molar-refractivity contribution in [3.8, 4) is 0 Å². The first-order valence-electron chi connectivity index (χ1n) is 7.43. The van der Waals surface area contributed by atoms with Gasteiger partial charge in [-0.2, -0.15) is 0 Å². The molecule has 0 bridgehead atoms. The Kier molecular flexibility index (Phi) is 3.82. The minimum Gasteiger partial charge on any atom is -0.546 e. The fraction of sp³-hybridized carbons (Fsp3) is 0.800. The Balaban J connectivity index is 1.97. The Morgan fingerprint density at radius 1 is 1.16 bits per heavy atom. The molecule has 0 unspecified atom stereocenters. The number of amides is 1. The fourth-order valence-electron chi connectivity index (χ4n) is 2.16. The van der Waals surface area contributed by atoms with Crippen LogP contribution in [-0.4, -0.2) is 32.2 Å². The molecule has 0 spiro atoms. The molecule has 108 valence electrons. The molecule has 1 saturated heterocycles. The van der Waals surface area contributed by atoms with E-state index in [2.05, 4.69) is 33.9 Å². The Morgan fingerprint density at radius 2 is 1.74 bits per heavy atom. The van der Waals surface area contributed by atoms with Crippen LogP contribution in [0.1, 0.15) is 46.5 Å². The topological polar surface area (TPSA) is 29.5 Å². The molecule has 2 rings (SSSR count). The summed E-state index contributed by atoms with van der Waals surface area (Å²) < 4.78 is 6.21. The van der Waals surface area contributed by atoms with Crippen LogP contribution in [0.5, 0.6) is 0 Å².